The molecule has 1 atom stereocenters. The van der Waals surface area contributed by atoms with Crippen molar-refractivity contribution in [1.82, 2.24) is 10.2 Å². The first-order valence-electron chi connectivity index (χ1n) is 8.44. The molecule has 1 fully saturated rings. The van der Waals surface area contributed by atoms with E-state index in [1.54, 1.807) is 52.3 Å². The van der Waals surface area contributed by atoms with Crippen molar-refractivity contribution in [1.29, 1.82) is 0 Å². The van der Waals surface area contributed by atoms with Gasteiger partial charge in [-0.05, 0) is 35.7 Å². The Hall–Kier alpha value is -1.94. The van der Waals surface area contributed by atoms with Gasteiger partial charge in [-0.15, -0.1) is 21.5 Å². The molecule has 1 aliphatic rings. The zero-order valence-electron chi connectivity index (χ0n) is 14.5. The van der Waals surface area contributed by atoms with Crippen LogP contribution in [-0.2, 0) is 15.3 Å². The smallest absolute Gasteiger partial charge is 0.231 e. The lowest BCUT2D eigenvalue weighted by Gasteiger charge is -2.16. The zero-order valence-corrected chi connectivity index (χ0v) is 17.7. The lowest BCUT2D eigenvalue weighted by molar-refractivity contribution is -0.122. The van der Waals surface area contributed by atoms with E-state index in [0.717, 1.165) is 15.8 Å². The van der Waals surface area contributed by atoms with Crippen LogP contribution in [0.4, 0.5) is 10.8 Å². The largest absolute Gasteiger partial charge is 0.312 e. The van der Waals surface area contributed by atoms with Gasteiger partial charge >= 0.3 is 0 Å². The summed E-state index contributed by atoms with van der Waals surface area (Å²) >= 11 is 10.5. The van der Waals surface area contributed by atoms with E-state index in [1.807, 2.05) is 11.4 Å². The Morgan fingerprint density at radius 3 is 2.86 bits per heavy atom. The number of hydrogen-bond acceptors (Lipinski definition) is 7. The molecule has 0 radical (unpaired) electrons. The molecule has 2 amide bonds. The topological polar surface area (TPSA) is 75.2 Å². The third kappa shape index (κ3) is 4.54. The molecule has 1 saturated heterocycles. The molecule has 6 nitrogen and oxygen atoms in total. The summed E-state index contributed by atoms with van der Waals surface area (Å²) in [6.07, 6.45) is 0.174. The number of halogens is 1. The van der Waals surface area contributed by atoms with Crippen molar-refractivity contribution in [3.8, 4) is 0 Å². The van der Waals surface area contributed by atoms with E-state index in [9.17, 15) is 9.59 Å². The zero-order chi connectivity index (χ0) is 19.5. The maximum absolute atomic E-state index is 12.6. The molecule has 3 heterocycles. The maximum Gasteiger partial charge on any atom is 0.231 e. The van der Waals surface area contributed by atoms with Gasteiger partial charge in [0.2, 0.25) is 16.9 Å². The highest BCUT2D eigenvalue weighted by atomic mass is 35.5. The highest BCUT2D eigenvalue weighted by molar-refractivity contribution is 8.00. The maximum atomic E-state index is 12.6. The van der Waals surface area contributed by atoms with Gasteiger partial charge < -0.3 is 10.2 Å². The monoisotopic (exact) mass is 450 g/mol. The number of benzene rings is 1. The summed E-state index contributed by atoms with van der Waals surface area (Å²) in [5.41, 5.74) is 0.743. The Balaban J connectivity index is 1.34. The number of anilines is 2. The fourth-order valence-electron chi connectivity index (χ4n) is 2.81. The highest BCUT2D eigenvalue weighted by Gasteiger charge is 2.35. The van der Waals surface area contributed by atoms with Gasteiger partial charge in [-0.2, -0.15) is 0 Å². The Morgan fingerprint density at radius 1 is 1.29 bits per heavy atom. The Labute approximate surface area is 178 Å². The van der Waals surface area contributed by atoms with Gasteiger partial charge in [-0.25, -0.2) is 0 Å². The van der Waals surface area contributed by atoms with Gasteiger partial charge in [0, 0.05) is 34.3 Å². The lowest BCUT2D eigenvalue weighted by atomic mass is 10.1. The van der Waals surface area contributed by atoms with E-state index in [4.69, 9.17) is 11.6 Å². The molecule has 0 saturated carbocycles. The molecule has 1 N–H and O–H groups in total. The van der Waals surface area contributed by atoms with Crippen molar-refractivity contribution in [2.45, 2.75) is 16.5 Å². The predicted octanol–water partition coefficient (Wildman–Crippen LogP) is 4.54. The van der Waals surface area contributed by atoms with E-state index < -0.39 is 5.92 Å². The van der Waals surface area contributed by atoms with Crippen molar-refractivity contribution < 1.29 is 9.59 Å². The number of nitrogens with zero attached hydrogens (tertiary/aromatic N) is 3. The molecule has 1 unspecified atom stereocenters. The molecule has 10 heteroatoms. The number of carbonyl (C=O) groups excluding carboxylic acids is 2. The third-order valence-corrected chi connectivity index (χ3v) is 7.52. The van der Waals surface area contributed by atoms with Crippen LogP contribution in [0.15, 0.2) is 46.1 Å². The van der Waals surface area contributed by atoms with Crippen LogP contribution < -0.4 is 10.2 Å². The van der Waals surface area contributed by atoms with E-state index in [1.165, 1.54) is 16.2 Å². The average Bonchev–Trinajstić information content (AvgIpc) is 3.42. The van der Waals surface area contributed by atoms with Crippen LogP contribution in [0.1, 0.15) is 11.3 Å². The van der Waals surface area contributed by atoms with Crippen LogP contribution >= 0.6 is 46.0 Å². The number of aromatic nitrogens is 2. The second-order valence-electron chi connectivity index (χ2n) is 6.11. The van der Waals surface area contributed by atoms with Crippen LogP contribution in [0, 0.1) is 5.92 Å². The molecule has 1 aromatic carbocycles. The summed E-state index contributed by atoms with van der Waals surface area (Å²) in [4.78, 5) is 27.8. The van der Waals surface area contributed by atoms with Crippen LogP contribution in [0.3, 0.4) is 0 Å². The SMILES string of the molecule is O=C(Nc1nnc(SCc2cccs2)s1)C1CC(=O)N(c2ccc(Cl)cc2)C1. The average molecular weight is 451 g/mol. The first-order chi connectivity index (χ1) is 13.6. The van der Waals surface area contributed by atoms with Gasteiger partial charge in [-0.3, -0.25) is 9.59 Å². The predicted molar refractivity (Wildman–Crippen MR) is 114 cm³/mol. The van der Waals surface area contributed by atoms with Crippen molar-refractivity contribution in [3.05, 3.63) is 51.7 Å². The molecule has 2 aromatic heterocycles. The van der Waals surface area contributed by atoms with Gasteiger partial charge in [0.15, 0.2) is 4.34 Å². The summed E-state index contributed by atoms with van der Waals surface area (Å²) in [7, 11) is 0. The molecule has 3 aromatic rings. The minimum Gasteiger partial charge on any atom is -0.312 e. The molecular formula is C18H15ClN4O2S3. The Kier molecular flexibility index (Phi) is 5.96. The van der Waals surface area contributed by atoms with E-state index in [0.29, 0.717) is 16.7 Å². The lowest BCUT2D eigenvalue weighted by Crippen LogP contribution is -2.28. The van der Waals surface area contributed by atoms with Gasteiger partial charge in [-0.1, -0.05) is 40.8 Å². The standard InChI is InChI=1S/C18H15ClN4O2S3/c19-12-3-5-13(6-4-12)23-9-11(8-15(23)24)16(25)20-17-21-22-18(28-17)27-10-14-2-1-7-26-14/h1-7,11H,8-10H2,(H,20,21,25). The molecule has 144 valence electrons. The first kappa shape index (κ1) is 19.4. The van der Waals surface area contributed by atoms with Crippen molar-refractivity contribution >= 4 is 68.7 Å². The molecule has 0 bridgehead atoms. The van der Waals surface area contributed by atoms with E-state index in [-0.39, 0.29) is 18.2 Å². The summed E-state index contributed by atoms with van der Waals surface area (Å²) in [5, 5.41) is 14.0. The fourth-order valence-corrected chi connectivity index (χ4v) is 5.46. The molecule has 1 aliphatic heterocycles. The second kappa shape index (κ2) is 8.60. The molecular weight excluding hydrogens is 436 g/mol. The molecule has 0 aliphatic carbocycles. The van der Waals surface area contributed by atoms with Crippen molar-refractivity contribution in [3.63, 3.8) is 0 Å². The quantitative estimate of drug-likeness (QED) is 0.441. The van der Waals surface area contributed by atoms with Gasteiger partial charge in [0.05, 0.1) is 5.92 Å². The van der Waals surface area contributed by atoms with Crippen LogP contribution in [0.25, 0.3) is 0 Å². The Morgan fingerprint density at radius 2 is 2.11 bits per heavy atom. The number of hydrogen-bond donors (Lipinski definition) is 1. The molecule has 28 heavy (non-hydrogen) atoms. The molecule has 0 spiro atoms. The highest BCUT2D eigenvalue weighted by Crippen LogP contribution is 2.31. The van der Waals surface area contributed by atoms with Crippen LogP contribution in [0.2, 0.25) is 5.02 Å². The third-order valence-electron chi connectivity index (χ3n) is 4.19. The van der Waals surface area contributed by atoms with Crippen molar-refractivity contribution in [2.75, 3.05) is 16.8 Å². The summed E-state index contributed by atoms with van der Waals surface area (Å²) in [5.74, 6) is 0.116. The van der Waals surface area contributed by atoms with Gasteiger partial charge in [0.1, 0.15) is 0 Å². The van der Waals surface area contributed by atoms with Crippen LogP contribution in [0.5, 0.6) is 0 Å². The summed E-state index contributed by atoms with van der Waals surface area (Å²) in [6.45, 7) is 0.338. The number of carbonyl (C=O) groups is 2. The number of amides is 2. The minimum absolute atomic E-state index is 0.0769. The van der Waals surface area contributed by atoms with Crippen molar-refractivity contribution in [2.24, 2.45) is 5.92 Å². The second-order valence-corrected chi connectivity index (χ2v) is 9.78. The van der Waals surface area contributed by atoms with Crippen LogP contribution in [-0.4, -0.2) is 28.6 Å². The van der Waals surface area contributed by atoms with E-state index in [2.05, 4.69) is 21.6 Å². The van der Waals surface area contributed by atoms with E-state index >= 15 is 0 Å². The number of thioether (sulfide) groups is 1. The number of nitrogens with one attached hydrogen (secondary N) is 1. The first-order valence-corrected chi connectivity index (χ1v) is 11.5. The summed E-state index contributed by atoms with van der Waals surface area (Å²) < 4.78 is 0.800. The normalized spacial score (nSPS) is 16.5. The number of rotatable bonds is 6. The Bertz CT molecular complexity index is 975. The molecule has 4 rings (SSSR count). The number of thiophene rings is 1. The summed E-state index contributed by atoms with van der Waals surface area (Å²) in [6, 6.07) is 11.1. The fraction of sp³-hybridized carbons (Fsp3) is 0.222. The minimum atomic E-state index is -0.422. The van der Waals surface area contributed by atoms with Gasteiger partial charge in [0.25, 0.3) is 0 Å².